The largest absolute Gasteiger partial charge is 1.00 e. The second-order valence-corrected chi connectivity index (χ2v) is 14.8. The van der Waals surface area contributed by atoms with Crippen LogP contribution in [0.15, 0.2) is 12.2 Å². The Morgan fingerprint density at radius 2 is 0.556 bits per heavy atom. The highest BCUT2D eigenvalue weighted by molar-refractivity contribution is 7.16. The maximum absolute atomic E-state index is 9.49. The quantitative estimate of drug-likeness (QED) is 0.0390. The van der Waals surface area contributed by atoms with Crippen LogP contribution in [0.2, 0.25) is 0 Å². The van der Waals surface area contributed by atoms with E-state index in [0.29, 0.717) is 0 Å². The summed E-state index contributed by atoms with van der Waals surface area (Å²) in [5, 5.41) is 9.49. The van der Waals surface area contributed by atoms with Crippen molar-refractivity contribution in [2.75, 3.05) is 12.3 Å². The third-order valence-electron chi connectivity index (χ3n) is 8.56. The first-order valence-electron chi connectivity index (χ1n) is 19.9. The van der Waals surface area contributed by atoms with Gasteiger partial charge in [-0.25, -0.2) is 0 Å². The second-order valence-electron chi connectivity index (χ2n) is 13.4. The van der Waals surface area contributed by atoms with E-state index in [0.717, 1.165) is 0 Å². The Hall–Kier alpha value is 0.360. The fourth-order valence-corrected chi connectivity index (χ4v) is 6.16. The molecule has 0 aliphatic heterocycles. The van der Waals surface area contributed by atoms with Crippen molar-refractivity contribution in [1.82, 2.24) is 0 Å². The Balaban J connectivity index is -0.000000310. The monoisotopic (exact) mass is 695 g/mol. The van der Waals surface area contributed by atoms with Gasteiger partial charge in [0.1, 0.15) is 0 Å². The van der Waals surface area contributed by atoms with Gasteiger partial charge in [-0.05, 0) is 56.7 Å². The zero-order chi connectivity index (χ0) is 33.2. The molecular weight excluding hydrogens is 610 g/mol. The minimum Gasteiger partial charge on any atom is -1.00 e. The Bertz CT molecular complexity index is 452. The molecule has 0 amide bonds. The van der Waals surface area contributed by atoms with Gasteiger partial charge in [0.05, 0.1) is 18.3 Å². The van der Waals surface area contributed by atoms with Gasteiger partial charge in [0, 0.05) is 0 Å². The first kappa shape index (κ1) is 52.2. The topological polar surface area (TPSA) is 40.1 Å². The third-order valence-corrected chi connectivity index (χ3v) is 9.56. The molecule has 0 bridgehead atoms. The number of hydrogen-bond acceptors (Lipinski definition) is 2. The van der Waals surface area contributed by atoms with Gasteiger partial charge >= 0.3 is 0 Å². The zero-order valence-electron chi connectivity index (χ0n) is 31.4. The zero-order valence-corrected chi connectivity index (χ0v) is 34.9. The van der Waals surface area contributed by atoms with Crippen LogP contribution in [-0.2, 0) is 4.79 Å². The molecule has 0 fully saturated rings. The van der Waals surface area contributed by atoms with Gasteiger partial charge in [-0.15, -0.1) is 0 Å². The maximum Gasteiger partial charge on any atom is 0.0666 e. The molecule has 0 spiro atoms. The molecule has 2 unspecified atom stereocenters. The molecule has 0 aliphatic rings. The number of rotatable bonds is 33. The van der Waals surface area contributed by atoms with E-state index in [2.05, 4.69) is 38.9 Å². The molecule has 0 saturated carbocycles. The van der Waals surface area contributed by atoms with E-state index in [1.165, 1.54) is 225 Å². The van der Waals surface area contributed by atoms with Crippen molar-refractivity contribution in [2.24, 2.45) is 0 Å². The van der Waals surface area contributed by atoms with Crippen LogP contribution in [0.5, 0.6) is 0 Å². The number of halogens is 1. The summed E-state index contributed by atoms with van der Waals surface area (Å²) in [7, 11) is 4.24. The van der Waals surface area contributed by atoms with Crippen LogP contribution in [0.4, 0.5) is 0 Å². The van der Waals surface area contributed by atoms with Gasteiger partial charge in [-0.3, -0.25) is 0 Å². The first-order valence-corrected chi connectivity index (χ1v) is 21.9. The number of aliphatic carboxylic acids is 1. The normalized spacial score (nSPS) is 10.5. The Kier molecular flexibility index (Phi) is 59.4. The lowest BCUT2D eigenvalue weighted by Gasteiger charge is -2.03. The number of unbranched alkanes of at least 4 members (excludes halogenated alkanes) is 30. The summed E-state index contributed by atoms with van der Waals surface area (Å²) in [6.45, 7) is 9.07. The van der Waals surface area contributed by atoms with Crippen LogP contribution in [0.25, 0.3) is 0 Å². The van der Waals surface area contributed by atoms with Crippen LogP contribution >= 0.6 is 18.5 Å². The lowest BCUT2D eigenvalue weighted by atomic mass is 10.0. The van der Waals surface area contributed by atoms with Crippen molar-refractivity contribution in [1.29, 1.82) is 0 Å². The number of carbonyl (C=O) groups excluding carboxylic acids is 1. The molecule has 2 atom stereocenters. The van der Waals surface area contributed by atoms with Crippen molar-refractivity contribution in [3.05, 3.63) is 12.2 Å². The molecule has 0 rings (SSSR count). The van der Waals surface area contributed by atoms with Crippen molar-refractivity contribution < 1.29 is 22.3 Å². The Labute approximate surface area is 296 Å². The average molecular weight is 696 g/mol. The number of carboxylic acid groups (broad SMARTS) is 1. The summed E-state index contributed by atoms with van der Waals surface area (Å²) < 4.78 is 0. The summed E-state index contributed by atoms with van der Waals surface area (Å²) in [4.78, 5) is 9.49. The fourth-order valence-electron chi connectivity index (χ4n) is 5.45. The molecule has 0 aromatic carbocycles. The predicted octanol–water partition coefficient (Wildman–Crippen LogP) is 10.0. The molecule has 0 aromatic rings. The summed E-state index contributed by atoms with van der Waals surface area (Å²) in [5.74, 6) is -1.19. The van der Waals surface area contributed by atoms with Crippen molar-refractivity contribution in [3.63, 3.8) is 0 Å². The molecule has 2 nitrogen and oxygen atoms in total. The molecule has 0 heterocycles. The predicted molar refractivity (Wildman–Crippen MR) is 211 cm³/mol. The highest BCUT2D eigenvalue weighted by Gasteiger charge is 1.96. The lowest BCUT2D eigenvalue weighted by molar-refractivity contribution is -0.299. The van der Waals surface area contributed by atoms with Crippen molar-refractivity contribution in [2.45, 2.75) is 226 Å². The van der Waals surface area contributed by atoms with Gasteiger partial charge in [0.25, 0.3) is 0 Å². The van der Waals surface area contributed by atoms with Crippen LogP contribution in [0.1, 0.15) is 226 Å². The standard InChI is InChI=1S/2C18H39P.C4H6O2.ClH/c2*1-2-3-4-5-6-7-8-9-10-11-12-13-14-15-16-17-18-19;1-3(2)4(5)6;/h2*2-19H2,1H3;1H2,2H3,(H,5,6);1H. The van der Waals surface area contributed by atoms with Crippen molar-refractivity contribution in [3.8, 4) is 0 Å². The maximum atomic E-state index is 9.49. The van der Waals surface area contributed by atoms with Gasteiger partial charge < -0.3 is 22.3 Å². The average Bonchev–Trinajstić information content (AvgIpc) is 3.01. The van der Waals surface area contributed by atoms with Crippen LogP contribution in [0.3, 0.4) is 0 Å². The van der Waals surface area contributed by atoms with Crippen LogP contribution in [0, 0.1) is 0 Å². The highest BCUT2D eigenvalue weighted by Crippen LogP contribution is 2.15. The smallest absolute Gasteiger partial charge is 0.0666 e. The lowest BCUT2D eigenvalue weighted by Crippen LogP contribution is -3.00. The number of hydrogen-bond donors (Lipinski definition) is 0. The summed E-state index contributed by atoms with van der Waals surface area (Å²) in [5.41, 5.74) is 0.0648. The van der Waals surface area contributed by atoms with Crippen LogP contribution < -0.4 is 17.5 Å². The van der Waals surface area contributed by atoms with Gasteiger partial charge in [0.2, 0.25) is 0 Å². The summed E-state index contributed by atoms with van der Waals surface area (Å²) in [6, 6.07) is 0. The van der Waals surface area contributed by atoms with Gasteiger partial charge in [0.15, 0.2) is 0 Å². The molecule has 0 saturated heterocycles. The van der Waals surface area contributed by atoms with E-state index < -0.39 is 5.97 Å². The number of carboxylic acids is 1. The fraction of sp³-hybridized carbons (Fsp3) is 0.925. The third kappa shape index (κ3) is 60.2. The van der Waals surface area contributed by atoms with E-state index in [9.17, 15) is 9.90 Å². The van der Waals surface area contributed by atoms with E-state index in [1.807, 2.05) is 0 Å². The first-order chi connectivity index (χ1) is 21.5. The molecule has 0 aliphatic carbocycles. The molecule has 0 aromatic heterocycles. The summed E-state index contributed by atoms with van der Waals surface area (Å²) >= 11 is 0. The summed E-state index contributed by atoms with van der Waals surface area (Å²) in [6.07, 6.45) is 49.9. The second kappa shape index (κ2) is 51.2. The molecule has 5 heteroatoms. The number of carbonyl (C=O) groups is 1. The van der Waals surface area contributed by atoms with Gasteiger partial charge in [-0.1, -0.05) is 200 Å². The molecular formula is C40H85ClO2P2. The van der Waals surface area contributed by atoms with Gasteiger partial charge in [-0.2, -0.15) is 0 Å². The minimum atomic E-state index is -1.19. The Morgan fingerprint density at radius 1 is 0.422 bits per heavy atom. The van der Waals surface area contributed by atoms with Crippen molar-refractivity contribution >= 4 is 24.4 Å². The minimum absolute atomic E-state index is 0. The molecule has 0 radical (unpaired) electrons. The molecule has 0 N–H and O–H groups in total. The molecule has 45 heavy (non-hydrogen) atoms. The van der Waals surface area contributed by atoms with E-state index >= 15 is 0 Å². The van der Waals surface area contributed by atoms with E-state index in [1.54, 1.807) is 0 Å². The SMILES string of the molecule is C=C(C)C(=O)[O-].CCCCCCCCCCCCCCCCCC[PH3+].CCCCCCCCCCCCCCCCCC[PH3+].[Cl-]. The highest BCUT2D eigenvalue weighted by atomic mass is 35.5. The van der Waals surface area contributed by atoms with E-state index in [-0.39, 0.29) is 18.0 Å². The van der Waals surface area contributed by atoms with E-state index in [4.69, 9.17) is 0 Å². The Morgan fingerprint density at radius 3 is 0.667 bits per heavy atom. The van der Waals surface area contributed by atoms with Crippen LogP contribution in [-0.4, -0.2) is 18.3 Å². The molecule has 274 valence electrons.